The van der Waals surface area contributed by atoms with Crippen LogP contribution in [0.2, 0.25) is 0 Å². The first-order valence-corrected chi connectivity index (χ1v) is 8.65. The van der Waals surface area contributed by atoms with Crippen LogP contribution < -0.4 is 10.6 Å². The molecule has 1 aliphatic heterocycles. The predicted octanol–water partition coefficient (Wildman–Crippen LogP) is 1.76. The van der Waals surface area contributed by atoms with Crippen LogP contribution in [0.4, 0.5) is 0 Å². The first-order valence-electron chi connectivity index (χ1n) is 7.83. The van der Waals surface area contributed by atoms with E-state index in [0.29, 0.717) is 6.54 Å². The quantitative estimate of drug-likeness (QED) is 0.404. The van der Waals surface area contributed by atoms with E-state index in [9.17, 15) is 0 Å². The van der Waals surface area contributed by atoms with Crippen molar-refractivity contribution in [2.75, 3.05) is 39.8 Å². The number of nitrogens with zero attached hydrogens (tertiary/aromatic N) is 3. The first-order chi connectivity index (χ1) is 10.6. The summed E-state index contributed by atoms with van der Waals surface area (Å²) in [5.74, 6) is 0.824. The van der Waals surface area contributed by atoms with E-state index in [-0.39, 0.29) is 30.1 Å². The Morgan fingerprint density at radius 1 is 1.43 bits per heavy atom. The molecule has 2 N–H and O–H groups in total. The van der Waals surface area contributed by atoms with Crippen molar-refractivity contribution in [3.63, 3.8) is 0 Å². The monoisotopic (exact) mass is 453 g/mol. The molecule has 1 atom stereocenters. The van der Waals surface area contributed by atoms with E-state index in [1.54, 1.807) is 11.3 Å². The summed E-state index contributed by atoms with van der Waals surface area (Å²) in [5, 5.41) is 7.69. The lowest BCUT2D eigenvalue weighted by Gasteiger charge is -2.30. The third-order valence-corrected chi connectivity index (χ3v) is 4.69. The highest BCUT2D eigenvalue weighted by Gasteiger charge is 2.17. The Hall–Kier alpha value is -0.450. The molecular formula is C15H28IN5OS. The summed E-state index contributed by atoms with van der Waals surface area (Å²) in [6.07, 6.45) is 0.215. The lowest BCUT2D eigenvalue weighted by molar-refractivity contribution is -0.0161. The van der Waals surface area contributed by atoms with Crippen LogP contribution in [0, 0.1) is 13.8 Å². The number of ether oxygens (including phenoxy) is 1. The predicted molar refractivity (Wildman–Crippen MR) is 107 cm³/mol. The van der Waals surface area contributed by atoms with Gasteiger partial charge in [0.05, 0.1) is 24.9 Å². The second kappa shape index (κ2) is 10.4. The van der Waals surface area contributed by atoms with Crippen LogP contribution in [0.3, 0.4) is 0 Å². The van der Waals surface area contributed by atoms with Crippen LogP contribution in [0.15, 0.2) is 4.99 Å². The zero-order valence-electron chi connectivity index (χ0n) is 14.4. The molecule has 0 radical (unpaired) electrons. The number of hydrogen-bond acceptors (Lipinski definition) is 5. The van der Waals surface area contributed by atoms with Gasteiger partial charge in [0.1, 0.15) is 5.01 Å². The molecule has 23 heavy (non-hydrogen) atoms. The summed E-state index contributed by atoms with van der Waals surface area (Å²) in [7, 11) is 2.13. The van der Waals surface area contributed by atoms with Gasteiger partial charge < -0.3 is 20.3 Å². The van der Waals surface area contributed by atoms with Gasteiger partial charge in [-0.3, -0.25) is 0 Å². The Labute approximate surface area is 160 Å². The van der Waals surface area contributed by atoms with E-state index in [1.165, 1.54) is 4.88 Å². The van der Waals surface area contributed by atoms with E-state index < -0.39 is 0 Å². The summed E-state index contributed by atoms with van der Waals surface area (Å²) in [5.41, 5.74) is 1.10. The average Bonchev–Trinajstić information content (AvgIpc) is 2.81. The molecule has 0 amide bonds. The molecule has 1 unspecified atom stereocenters. The zero-order chi connectivity index (χ0) is 15.9. The van der Waals surface area contributed by atoms with Crippen molar-refractivity contribution in [3.05, 3.63) is 15.6 Å². The van der Waals surface area contributed by atoms with Crippen molar-refractivity contribution in [3.8, 4) is 0 Å². The number of morpholine rings is 1. The number of halogens is 1. The maximum atomic E-state index is 5.76. The smallest absolute Gasteiger partial charge is 0.191 e. The minimum Gasteiger partial charge on any atom is -0.374 e. The minimum absolute atomic E-state index is 0. The normalized spacial score (nSPS) is 19.3. The Bertz CT molecular complexity index is 489. The van der Waals surface area contributed by atoms with Gasteiger partial charge in [0.15, 0.2) is 5.96 Å². The van der Waals surface area contributed by atoms with Gasteiger partial charge in [-0.25, -0.2) is 9.98 Å². The topological polar surface area (TPSA) is 61.8 Å². The number of thiazole rings is 1. The number of hydrogen-bond donors (Lipinski definition) is 2. The second-order valence-corrected chi connectivity index (χ2v) is 6.87. The Morgan fingerprint density at radius 2 is 2.22 bits per heavy atom. The number of guanidine groups is 1. The number of nitrogens with one attached hydrogen (secondary N) is 2. The summed E-state index contributed by atoms with van der Waals surface area (Å²) < 4.78 is 5.76. The Kier molecular flexibility index (Phi) is 9.33. The first kappa shape index (κ1) is 20.6. The molecule has 132 valence electrons. The van der Waals surface area contributed by atoms with Gasteiger partial charge in [-0.05, 0) is 27.8 Å². The lowest BCUT2D eigenvalue weighted by Crippen LogP contribution is -2.48. The molecule has 0 spiro atoms. The zero-order valence-corrected chi connectivity index (χ0v) is 17.5. The van der Waals surface area contributed by atoms with Crippen LogP contribution in [0.25, 0.3) is 0 Å². The van der Waals surface area contributed by atoms with Crippen molar-refractivity contribution < 1.29 is 4.74 Å². The molecule has 1 aromatic heterocycles. The highest BCUT2D eigenvalue weighted by molar-refractivity contribution is 14.0. The van der Waals surface area contributed by atoms with Crippen LogP contribution >= 0.6 is 35.3 Å². The van der Waals surface area contributed by atoms with Gasteiger partial charge in [-0.1, -0.05) is 0 Å². The number of aromatic nitrogens is 1. The number of rotatable bonds is 5. The standard InChI is InChI=1S/C15H27N5OS.HI/c1-5-16-15(17-8-13-10-20(4)6-7-21-13)18-9-14-19-11(2)12(3)22-14;/h13H,5-10H2,1-4H3,(H2,16,17,18);1H. The van der Waals surface area contributed by atoms with Crippen LogP contribution in [0.1, 0.15) is 22.5 Å². The molecule has 0 aromatic carbocycles. The highest BCUT2D eigenvalue weighted by Crippen LogP contribution is 2.16. The van der Waals surface area contributed by atoms with Gasteiger partial charge in [-0.15, -0.1) is 35.3 Å². The fourth-order valence-corrected chi connectivity index (χ4v) is 3.15. The van der Waals surface area contributed by atoms with E-state index in [2.05, 4.69) is 46.4 Å². The van der Waals surface area contributed by atoms with Crippen molar-refractivity contribution in [1.82, 2.24) is 20.5 Å². The molecule has 1 aliphatic rings. The van der Waals surface area contributed by atoms with E-state index >= 15 is 0 Å². The average molecular weight is 453 g/mol. The Balaban J connectivity index is 0.00000264. The molecule has 0 aliphatic carbocycles. The Morgan fingerprint density at radius 3 is 2.83 bits per heavy atom. The maximum Gasteiger partial charge on any atom is 0.191 e. The van der Waals surface area contributed by atoms with Crippen molar-refractivity contribution in [2.45, 2.75) is 33.4 Å². The van der Waals surface area contributed by atoms with Gasteiger partial charge in [-0.2, -0.15) is 0 Å². The van der Waals surface area contributed by atoms with E-state index in [1.807, 2.05) is 6.92 Å². The molecule has 6 nitrogen and oxygen atoms in total. The van der Waals surface area contributed by atoms with Gasteiger partial charge >= 0.3 is 0 Å². The fraction of sp³-hybridized carbons (Fsp3) is 0.733. The lowest BCUT2D eigenvalue weighted by atomic mass is 10.3. The molecule has 1 fully saturated rings. The second-order valence-electron chi connectivity index (χ2n) is 5.58. The summed E-state index contributed by atoms with van der Waals surface area (Å²) in [4.78, 5) is 12.7. The van der Waals surface area contributed by atoms with Crippen molar-refractivity contribution >= 4 is 41.3 Å². The summed E-state index contributed by atoms with van der Waals surface area (Å²) in [6.45, 7) is 11.2. The SMILES string of the molecule is CCNC(=NCc1nc(C)c(C)s1)NCC1CN(C)CCO1.I. The molecule has 2 heterocycles. The summed E-state index contributed by atoms with van der Waals surface area (Å²) in [6, 6.07) is 0. The molecule has 8 heteroatoms. The van der Waals surface area contributed by atoms with Crippen molar-refractivity contribution in [2.24, 2.45) is 4.99 Å². The van der Waals surface area contributed by atoms with Gasteiger partial charge in [0.2, 0.25) is 0 Å². The number of aliphatic imine (C=N–C) groups is 1. The van der Waals surface area contributed by atoms with E-state index in [0.717, 1.165) is 49.4 Å². The van der Waals surface area contributed by atoms with E-state index in [4.69, 9.17) is 4.74 Å². The minimum atomic E-state index is 0. The summed E-state index contributed by atoms with van der Waals surface area (Å²) >= 11 is 1.72. The largest absolute Gasteiger partial charge is 0.374 e. The maximum absolute atomic E-state index is 5.76. The molecule has 0 bridgehead atoms. The molecular weight excluding hydrogens is 425 g/mol. The van der Waals surface area contributed by atoms with Gasteiger partial charge in [0, 0.05) is 31.1 Å². The molecule has 1 saturated heterocycles. The third-order valence-electron chi connectivity index (χ3n) is 3.63. The van der Waals surface area contributed by atoms with Crippen LogP contribution in [0.5, 0.6) is 0 Å². The number of aryl methyl sites for hydroxylation is 2. The molecule has 2 rings (SSSR count). The molecule has 1 aromatic rings. The fourth-order valence-electron chi connectivity index (χ4n) is 2.30. The van der Waals surface area contributed by atoms with Gasteiger partial charge in [0.25, 0.3) is 0 Å². The molecule has 0 saturated carbocycles. The number of likely N-dealkylation sites (N-methyl/N-ethyl adjacent to an activating group) is 1. The third kappa shape index (κ3) is 6.90. The highest BCUT2D eigenvalue weighted by atomic mass is 127. The van der Waals surface area contributed by atoms with Crippen LogP contribution in [-0.4, -0.2) is 61.8 Å². The van der Waals surface area contributed by atoms with Crippen molar-refractivity contribution in [1.29, 1.82) is 0 Å². The van der Waals surface area contributed by atoms with Crippen LogP contribution in [-0.2, 0) is 11.3 Å².